The van der Waals surface area contributed by atoms with Gasteiger partial charge in [-0.15, -0.1) is 0 Å². The summed E-state index contributed by atoms with van der Waals surface area (Å²) in [5.41, 5.74) is 3.33. The van der Waals surface area contributed by atoms with E-state index in [2.05, 4.69) is 65.0 Å². The minimum absolute atomic E-state index is 0.0785. The lowest BCUT2D eigenvalue weighted by Gasteiger charge is -2.22. The number of para-hydroxylation sites is 1. The fraction of sp³-hybridized carbons (Fsp3) is 0.409. The van der Waals surface area contributed by atoms with Gasteiger partial charge in [0.2, 0.25) is 5.91 Å². The molecule has 0 saturated carbocycles. The van der Waals surface area contributed by atoms with Crippen LogP contribution in [0, 0.1) is 0 Å². The van der Waals surface area contributed by atoms with Crippen LogP contribution in [0.15, 0.2) is 42.5 Å². The number of aromatic nitrogens is 1. The van der Waals surface area contributed by atoms with E-state index in [1.54, 1.807) is 0 Å². The molecule has 1 saturated heterocycles. The fourth-order valence-corrected chi connectivity index (χ4v) is 4.18. The first kappa shape index (κ1) is 17.1. The predicted molar refractivity (Wildman–Crippen MR) is 109 cm³/mol. The van der Waals surface area contributed by atoms with Crippen molar-refractivity contribution in [3.8, 4) is 0 Å². The lowest BCUT2D eigenvalue weighted by Crippen LogP contribution is -2.40. The highest BCUT2D eigenvalue weighted by atomic mass is 16.2. The Morgan fingerprint density at radius 1 is 0.962 bits per heavy atom. The first-order chi connectivity index (χ1) is 12.6. The number of anilines is 1. The third-order valence-electron chi connectivity index (χ3n) is 5.56. The number of fused-ring (bicyclic) bond motifs is 3. The Balaban J connectivity index is 1.69. The van der Waals surface area contributed by atoms with Crippen LogP contribution in [0.1, 0.15) is 39.7 Å². The summed E-state index contributed by atoms with van der Waals surface area (Å²) in [5, 5.41) is 5.56. The molecular weight excluding hydrogens is 322 g/mol. The Labute approximate surface area is 154 Å². The predicted octanol–water partition coefficient (Wildman–Crippen LogP) is 4.80. The second kappa shape index (κ2) is 6.76. The van der Waals surface area contributed by atoms with Crippen LogP contribution in [0.3, 0.4) is 0 Å². The van der Waals surface area contributed by atoms with Crippen LogP contribution in [0.4, 0.5) is 5.69 Å². The van der Waals surface area contributed by atoms with Crippen molar-refractivity contribution in [3.05, 3.63) is 42.5 Å². The quantitative estimate of drug-likeness (QED) is 0.735. The molecule has 2 heterocycles. The third kappa shape index (κ3) is 2.88. The van der Waals surface area contributed by atoms with Crippen molar-refractivity contribution >= 4 is 33.4 Å². The van der Waals surface area contributed by atoms with Gasteiger partial charge in [-0.05, 0) is 71.0 Å². The number of nitrogens with zero attached hydrogens (tertiary/aromatic N) is 2. The molecule has 4 nitrogen and oxygen atoms in total. The summed E-state index contributed by atoms with van der Waals surface area (Å²) >= 11 is 0. The number of hydrogen-bond donors (Lipinski definition) is 1. The van der Waals surface area contributed by atoms with E-state index >= 15 is 0 Å². The van der Waals surface area contributed by atoms with E-state index in [1.807, 2.05) is 13.0 Å². The Hall–Kier alpha value is -2.33. The lowest BCUT2D eigenvalue weighted by atomic mass is 10.1. The van der Waals surface area contributed by atoms with Gasteiger partial charge in [0, 0.05) is 33.5 Å². The molecule has 0 radical (unpaired) electrons. The number of carbonyl (C=O) groups excluding carboxylic acids is 1. The maximum atomic E-state index is 12.7. The van der Waals surface area contributed by atoms with Gasteiger partial charge >= 0.3 is 0 Å². The van der Waals surface area contributed by atoms with Gasteiger partial charge < -0.3 is 9.88 Å². The molecular formula is C22H27N3O. The van der Waals surface area contributed by atoms with E-state index < -0.39 is 0 Å². The molecule has 3 aromatic rings. The van der Waals surface area contributed by atoms with Gasteiger partial charge in [0.25, 0.3) is 0 Å². The van der Waals surface area contributed by atoms with E-state index in [4.69, 9.17) is 0 Å². The number of likely N-dealkylation sites (tertiary alicyclic amines) is 1. The first-order valence-corrected chi connectivity index (χ1v) is 9.64. The number of nitrogens with one attached hydrogen (secondary N) is 1. The zero-order valence-corrected chi connectivity index (χ0v) is 15.8. The van der Waals surface area contributed by atoms with Crippen molar-refractivity contribution in [1.29, 1.82) is 0 Å². The van der Waals surface area contributed by atoms with E-state index in [9.17, 15) is 4.79 Å². The molecule has 0 spiro atoms. The highest BCUT2D eigenvalue weighted by molar-refractivity contribution is 6.10. The smallest absolute Gasteiger partial charge is 0.241 e. The Morgan fingerprint density at radius 2 is 1.65 bits per heavy atom. The maximum Gasteiger partial charge on any atom is 0.241 e. The van der Waals surface area contributed by atoms with Crippen LogP contribution in [0.25, 0.3) is 21.8 Å². The average molecular weight is 349 g/mol. The molecule has 0 aliphatic carbocycles. The zero-order valence-electron chi connectivity index (χ0n) is 15.8. The Morgan fingerprint density at radius 3 is 2.38 bits per heavy atom. The summed E-state index contributed by atoms with van der Waals surface area (Å²) in [6.45, 7) is 8.47. The SMILES string of the molecule is CC(C(=O)Nc1ccc2c(c1)c1ccccc1n2C(C)C)N1CCCC1. The van der Waals surface area contributed by atoms with E-state index in [1.165, 1.54) is 34.6 Å². The van der Waals surface area contributed by atoms with Crippen LogP contribution in [0.2, 0.25) is 0 Å². The molecule has 2 aromatic carbocycles. The van der Waals surface area contributed by atoms with Gasteiger partial charge in [0.1, 0.15) is 0 Å². The molecule has 4 heteroatoms. The second-order valence-corrected chi connectivity index (χ2v) is 7.62. The molecule has 1 aromatic heterocycles. The zero-order chi connectivity index (χ0) is 18.3. The van der Waals surface area contributed by atoms with Crippen LogP contribution in [-0.2, 0) is 4.79 Å². The van der Waals surface area contributed by atoms with Gasteiger partial charge in [0.05, 0.1) is 6.04 Å². The summed E-state index contributed by atoms with van der Waals surface area (Å²) in [5.74, 6) is 0.0823. The van der Waals surface area contributed by atoms with Crippen molar-refractivity contribution in [2.24, 2.45) is 0 Å². The van der Waals surface area contributed by atoms with Crippen molar-refractivity contribution < 1.29 is 4.79 Å². The number of hydrogen-bond acceptors (Lipinski definition) is 2. The van der Waals surface area contributed by atoms with Crippen molar-refractivity contribution in [3.63, 3.8) is 0 Å². The largest absolute Gasteiger partial charge is 0.338 e. The summed E-state index contributed by atoms with van der Waals surface area (Å²) in [6.07, 6.45) is 2.39. The molecule has 1 atom stereocenters. The Bertz CT molecular complexity index is 951. The minimum atomic E-state index is -0.0785. The lowest BCUT2D eigenvalue weighted by molar-refractivity contribution is -0.120. The van der Waals surface area contributed by atoms with E-state index in [-0.39, 0.29) is 11.9 Å². The highest BCUT2D eigenvalue weighted by Gasteiger charge is 2.24. The van der Waals surface area contributed by atoms with Crippen molar-refractivity contribution in [2.75, 3.05) is 18.4 Å². The molecule has 1 unspecified atom stereocenters. The molecule has 1 aliphatic rings. The minimum Gasteiger partial charge on any atom is -0.338 e. The van der Waals surface area contributed by atoms with E-state index in [0.717, 1.165) is 18.8 Å². The molecule has 1 aliphatic heterocycles. The van der Waals surface area contributed by atoms with Crippen molar-refractivity contribution in [2.45, 2.75) is 45.7 Å². The van der Waals surface area contributed by atoms with Gasteiger partial charge in [0.15, 0.2) is 0 Å². The monoisotopic (exact) mass is 349 g/mol. The molecule has 4 rings (SSSR count). The molecule has 1 fully saturated rings. The van der Waals surface area contributed by atoms with Crippen LogP contribution < -0.4 is 5.32 Å². The van der Waals surface area contributed by atoms with Crippen LogP contribution in [-0.4, -0.2) is 34.5 Å². The number of carbonyl (C=O) groups is 1. The molecule has 0 bridgehead atoms. The molecule has 1 amide bonds. The number of rotatable bonds is 4. The summed E-state index contributed by atoms with van der Waals surface area (Å²) < 4.78 is 2.36. The molecule has 26 heavy (non-hydrogen) atoms. The average Bonchev–Trinajstić information content (AvgIpc) is 3.27. The first-order valence-electron chi connectivity index (χ1n) is 9.64. The maximum absolute atomic E-state index is 12.7. The standard InChI is InChI=1S/C22H27N3O/c1-15(2)25-20-9-5-4-8-18(20)19-14-17(10-11-21(19)25)23-22(26)16(3)24-12-6-7-13-24/h4-5,8-11,14-16H,6-7,12-13H2,1-3H3,(H,23,26). The summed E-state index contributed by atoms with van der Waals surface area (Å²) in [6, 6.07) is 15.1. The highest BCUT2D eigenvalue weighted by Crippen LogP contribution is 2.33. The van der Waals surface area contributed by atoms with Crippen LogP contribution in [0.5, 0.6) is 0 Å². The van der Waals surface area contributed by atoms with E-state index in [0.29, 0.717) is 6.04 Å². The van der Waals surface area contributed by atoms with Gasteiger partial charge in [-0.3, -0.25) is 9.69 Å². The Kier molecular flexibility index (Phi) is 4.45. The normalized spacial score (nSPS) is 16.6. The summed E-state index contributed by atoms with van der Waals surface area (Å²) in [7, 11) is 0. The number of benzene rings is 2. The third-order valence-corrected chi connectivity index (χ3v) is 5.56. The van der Waals surface area contributed by atoms with Crippen molar-refractivity contribution in [1.82, 2.24) is 9.47 Å². The van der Waals surface area contributed by atoms with Gasteiger partial charge in [-0.25, -0.2) is 0 Å². The fourth-order valence-electron chi connectivity index (χ4n) is 4.18. The number of amides is 1. The van der Waals surface area contributed by atoms with Gasteiger partial charge in [-0.2, -0.15) is 0 Å². The summed E-state index contributed by atoms with van der Waals surface area (Å²) in [4.78, 5) is 14.9. The van der Waals surface area contributed by atoms with Gasteiger partial charge in [-0.1, -0.05) is 18.2 Å². The molecule has 136 valence electrons. The second-order valence-electron chi connectivity index (χ2n) is 7.62. The topological polar surface area (TPSA) is 37.3 Å². The molecule has 1 N–H and O–H groups in total. The van der Waals surface area contributed by atoms with Crippen LogP contribution >= 0.6 is 0 Å².